The van der Waals surface area contributed by atoms with Crippen LogP contribution in [0.25, 0.3) is 0 Å². The lowest BCUT2D eigenvalue weighted by Crippen LogP contribution is -2.36. The van der Waals surface area contributed by atoms with E-state index in [4.69, 9.17) is 16.3 Å². The molecule has 0 bridgehead atoms. The Morgan fingerprint density at radius 2 is 1.96 bits per heavy atom. The van der Waals surface area contributed by atoms with Crippen molar-refractivity contribution in [3.63, 3.8) is 0 Å². The predicted octanol–water partition coefficient (Wildman–Crippen LogP) is 2.78. The predicted molar refractivity (Wildman–Crippen MR) is 90.1 cm³/mol. The van der Waals surface area contributed by atoms with Gasteiger partial charge in [0, 0.05) is 37.7 Å². The molecule has 5 nitrogen and oxygen atoms in total. The van der Waals surface area contributed by atoms with Gasteiger partial charge >= 0.3 is 5.97 Å². The van der Waals surface area contributed by atoms with Crippen molar-refractivity contribution in [3.8, 4) is 0 Å². The second kappa shape index (κ2) is 6.73. The number of ether oxygens (including phenoxy) is 1. The molecule has 1 aromatic carbocycles. The zero-order valence-corrected chi connectivity index (χ0v) is 14.5. The second-order valence-electron chi connectivity index (χ2n) is 6.84. The number of hydrogen-bond acceptors (Lipinski definition) is 3. The van der Waals surface area contributed by atoms with Gasteiger partial charge < -0.3 is 14.7 Å². The van der Waals surface area contributed by atoms with Gasteiger partial charge in [0.2, 0.25) is 5.91 Å². The number of hydrogen-bond donors (Lipinski definition) is 1. The van der Waals surface area contributed by atoms with Crippen LogP contribution in [0.15, 0.2) is 24.3 Å². The number of carboxylic acid groups (broad SMARTS) is 1. The number of carbonyl (C=O) groups is 2. The summed E-state index contributed by atoms with van der Waals surface area (Å²) in [6, 6.07) is 7.24. The third kappa shape index (κ3) is 3.28. The summed E-state index contributed by atoms with van der Waals surface area (Å²) in [6.45, 7) is 1.28. The van der Waals surface area contributed by atoms with E-state index in [1.54, 1.807) is 24.1 Å². The molecule has 1 heterocycles. The van der Waals surface area contributed by atoms with Gasteiger partial charge in [-0.05, 0) is 37.0 Å². The Morgan fingerprint density at radius 1 is 1.29 bits per heavy atom. The highest BCUT2D eigenvalue weighted by atomic mass is 35.5. The maximum Gasteiger partial charge on any atom is 0.308 e. The summed E-state index contributed by atoms with van der Waals surface area (Å²) < 4.78 is 5.11. The van der Waals surface area contributed by atoms with Crippen molar-refractivity contribution in [2.45, 2.75) is 25.2 Å². The fourth-order valence-electron chi connectivity index (χ4n) is 3.62. The SMILES string of the molecule is COCCC1(C(=O)N2C[C@@H](C(=O)O)[C@H](c3ccc(Cl)cc3)C2)CC1. The Morgan fingerprint density at radius 3 is 2.50 bits per heavy atom. The number of aliphatic carboxylic acids is 1. The van der Waals surface area contributed by atoms with Crippen molar-refractivity contribution >= 4 is 23.5 Å². The molecule has 1 aromatic rings. The van der Waals surface area contributed by atoms with Crippen molar-refractivity contribution in [1.29, 1.82) is 0 Å². The van der Waals surface area contributed by atoms with Crippen LogP contribution in [0.4, 0.5) is 0 Å². The lowest BCUT2D eigenvalue weighted by atomic mass is 9.89. The highest BCUT2D eigenvalue weighted by molar-refractivity contribution is 6.30. The lowest BCUT2D eigenvalue weighted by molar-refractivity contribution is -0.142. The van der Waals surface area contributed by atoms with Crippen molar-refractivity contribution < 1.29 is 19.4 Å². The number of methoxy groups -OCH3 is 1. The van der Waals surface area contributed by atoms with Crippen LogP contribution in [-0.4, -0.2) is 48.7 Å². The van der Waals surface area contributed by atoms with Gasteiger partial charge in [-0.25, -0.2) is 0 Å². The third-order valence-corrected chi connectivity index (χ3v) is 5.57. The molecule has 0 spiro atoms. The fraction of sp³-hybridized carbons (Fsp3) is 0.556. The van der Waals surface area contributed by atoms with Crippen molar-refractivity contribution in [3.05, 3.63) is 34.9 Å². The van der Waals surface area contributed by atoms with E-state index in [9.17, 15) is 14.7 Å². The van der Waals surface area contributed by atoms with Gasteiger partial charge in [0.15, 0.2) is 0 Å². The highest BCUT2D eigenvalue weighted by Gasteiger charge is 2.53. The van der Waals surface area contributed by atoms with Crippen LogP contribution >= 0.6 is 11.6 Å². The van der Waals surface area contributed by atoms with Crippen LogP contribution in [0.5, 0.6) is 0 Å². The van der Waals surface area contributed by atoms with Crippen LogP contribution in [0.2, 0.25) is 5.02 Å². The van der Waals surface area contributed by atoms with E-state index >= 15 is 0 Å². The largest absolute Gasteiger partial charge is 0.481 e. The van der Waals surface area contributed by atoms with Crippen LogP contribution in [-0.2, 0) is 14.3 Å². The molecule has 0 radical (unpaired) electrons. The second-order valence-corrected chi connectivity index (χ2v) is 7.27. The molecule has 1 N–H and O–H groups in total. The molecule has 1 saturated carbocycles. The van der Waals surface area contributed by atoms with Crippen LogP contribution in [0.3, 0.4) is 0 Å². The average Bonchev–Trinajstić information content (AvgIpc) is 3.22. The first-order valence-corrected chi connectivity index (χ1v) is 8.61. The van der Waals surface area contributed by atoms with Crippen molar-refractivity contribution in [2.75, 3.05) is 26.8 Å². The highest BCUT2D eigenvalue weighted by Crippen LogP contribution is 2.51. The molecule has 2 aliphatic rings. The van der Waals surface area contributed by atoms with E-state index < -0.39 is 11.9 Å². The van der Waals surface area contributed by atoms with E-state index in [1.807, 2.05) is 12.1 Å². The van der Waals surface area contributed by atoms with Gasteiger partial charge in [0.1, 0.15) is 0 Å². The first kappa shape index (κ1) is 17.2. The van der Waals surface area contributed by atoms with Gasteiger partial charge in [-0.1, -0.05) is 23.7 Å². The summed E-state index contributed by atoms with van der Waals surface area (Å²) in [7, 11) is 1.63. The molecule has 1 aliphatic heterocycles. The van der Waals surface area contributed by atoms with Crippen LogP contribution < -0.4 is 0 Å². The summed E-state index contributed by atoms with van der Waals surface area (Å²) >= 11 is 5.92. The number of rotatable bonds is 6. The molecule has 0 unspecified atom stereocenters. The molecule has 1 saturated heterocycles. The number of carbonyl (C=O) groups excluding carboxylic acids is 1. The summed E-state index contributed by atoms with van der Waals surface area (Å²) in [5, 5.41) is 10.2. The van der Waals surface area contributed by atoms with E-state index in [0.29, 0.717) is 24.6 Å². The zero-order valence-electron chi connectivity index (χ0n) is 13.7. The number of nitrogens with zero attached hydrogens (tertiary/aromatic N) is 1. The lowest BCUT2D eigenvalue weighted by Gasteiger charge is -2.23. The van der Waals surface area contributed by atoms with E-state index in [1.165, 1.54) is 0 Å². The van der Waals surface area contributed by atoms with Crippen molar-refractivity contribution in [2.24, 2.45) is 11.3 Å². The van der Waals surface area contributed by atoms with Gasteiger partial charge in [0.25, 0.3) is 0 Å². The summed E-state index contributed by atoms with van der Waals surface area (Å²) in [5.74, 6) is -1.54. The molecule has 2 fully saturated rings. The first-order valence-electron chi connectivity index (χ1n) is 8.23. The summed E-state index contributed by atoms with van der Waals surface area (Å²) in [4.78, 5) is 26.3. The average molecular weight is 352 g/mol. The normalized spacial score (nSPS) is 24.8. The number of carboxylic acids is 1. The molecule has 130 valence electrons. The number of likely N-dealkylation sites (tertiary alicyclic amines) is 1. The minimum Gasteiger partial charge on any atom is -0.481 e. The van der Waals surface area contributed by atoms with Gasteiger partial charge in [-0.15, -0.1) is 0 Å². The van der Waals surface area contributed by atoms with Crippen LogP contribution in [0.1, 0.15) is 30.7 Å². The van der Waals surface area contributed by atoms with Crippen molar-refractivity contribution in [1.82, 2.24) is 4.90 Å². The van der Waals surface area contributed by atoms with E-state index in [-0.39, 0.29) is 23.8 Å². The number of amides is 1. The fourth-order valence-corrected chi connectivity index (χ4v) is 3.75. The zero-order chi connectivity index (χ0) is 17.3. The molecular weight excluding hydrogens is 330 g/mol. The topological polar surface area (TPSA) is 66.8 Å². The molecule has 6 heteroatoms. The Hall–Kier alpha value is -1.59. The molecular formula is C18H22ClNO4. The Kier molecular flexibility index (Phi) is 4.83. The molecule has 1 amide bonds. The standard InChI is InChI=1S/C18H22ClNO4/c1-24-9-8-18(6-7-18)17(23)20-10-14(15(11-20)16(21)22)12-2-4-13(19)5-3-12/h2-5,14-15H,6-11H2,1H3,(H,21,22)/t14-,15+/m0/s1. The third-order valence-electron chi connectivity index (χ3n) is 5.31. The molecule has 0 aromatic heterocycles. The minimum absolute atomic E-state index is 0.0854. The Bertz CT molecular complexity index is 626. The number of benzene rings is 1. The maximum atomic E-state index is 12.9. The molecule has 2 atom stereocenters. The molecule has 24 heavy (non-hydrogen) atoms. The summed E-state index contributed by atoms with van der Waals surface area (Å²) in [5.41, 5.74) is 0.595. The Labute approximate surface area is 146 Å². The Balaban J connectivity index is 1.76. The van der Waals surface area contributed by atoms with E-state index in [2.05, 4.69) is 0 Å². The maximum absolute atomic E-state index is 12.9. The molecule has 1 aliphatic carbocycles. The van der Waals surface area contributed by atoms with Crippen LogP contribution in [0, 0.1) is 11.3 Å². The monoisotopic (exact) mass is 351 g/mol. The first-order chi connectivity index (χ1) is 11.5. The van der Waals surface area contributed by atoms with Gasteiger partial charge in [-0.3, -0.25) is 9.59 Å². The minimum atomic E-state index is -0.855. The quantitative estimate of drug-likeness (QED) is 0.855. The molecule has 3 rings (SSSR count). The smallest absolute Gasteiger partial charge is 0.308 e. The summed E-state index contributed by atoms with van der Waals surface area (Å²) in [6.07, 6.45) is 2.45. The van der Waals surface area contributed by atoms with Gasteiger partial charge in [-0.2, -0.15) is 0 Å². The number of halogens is 1. The van der Waals surface area contributed by atoms with E-state index in [0.717, 1.165) is 18.4 Å². The van der Waals surface area contributed by atoms with Gasteiger partial charge in [0.05, 0.1) is 11.3 Å².